The number of ether oxygens (including phenoxy) is 2. The van der Waals surface area contributed by atoms with E-state index in [-0.39, 0.29) is 11.6 Å². The first-order chi connectivity index (χ1) is 9.37. The van der Waals surface area contributed by atoms with Crippen molar-refractivity contribution in [1.82, 2.24) is 5.32 Å². The molecule has 1 heterocycles. The highest BCUT2D eigenvalue weighted by molar-refractivity contribution is 6.31. The number of hydrogen-bond acceptors (Lipinski definition) is 3. The fraction of sp³-hybridized carbons (Fsp3) is 0.533. The van der Waals surface area contributed by atoms with E-state index in [1.165, 1.54) is 0 Å². The molecule has 0 saturated heterocycles. The third-order valence-corrected chi connectivity index (χ3v) is 3.38. The van der Waals surface area contributed by atoms with Gasteiger partial charge in [-0.1, -0.05) is 23.7 Å². The van der Waals surface area contributed by atoms with Crippen LogP contribution >= 0.6 is 11.6 Å². The lowest BCUT2D eigenvalue weighted by Crippen LogP contribution is -2.41. The van der Waals surface area contributed by atoms with Crippen LogP contribution in [0.25, 0.3) is 0 Å². The zero-order chi connectivity index (χ0) is 14.8. The van der Waals surface area contributed by atoms with Crippen molar-refractivity contribution in [2.75, 3.05) is 6.61 Å². The van der Waals surface area contributed by atoms with Gasteiger partial charge in [0, 0.05) is 22.5 Å². The van der Waals surface area contributed by atoms with Crippen molar-refractivity contribution >= 4 is 17.7 Å². The summed E-state index contributed by atoms with van der Waals surface area (Å²) in [5.41, 5.74) is 1.84. The summed E-state index contributed by atoms with van der Waals surface area (Å²) in [6.07, 6.45) is 0.179. The minimum Gasteiger partial charge on any atom is -0.449 e. The Labute approximate surface area is 124 Å². The van der Waals surface area contributed by atoms with Crippen LogP contribution in [0.4, 0.5) is 4.79 Å². The maximum Gasteiger partial charge on any atom is 0.407 e. The van der Waals surface area contributed by atoms with Gasteiger partial charge in [0.25, 0.3) is 0 Å². The van der Waals surface area contributed by atoms with Gasteiger partial charge in [-0.15, -0.1) is 0 Å². The normalized spacial score (nSPS) is 17.7. The van der Waals surface area contributed by atoms with Crippen LogP contribution < -0.4 is 5.32 Å². The second kappa shape index (κ2) is 6.02. The number of amides is 1. The third-order valence-electron chi connectivity index (χ3n) is 3.02. The summed E-state index contributed by atoms with van der Waals surface area (Å²) < 4.78 is 10.9. The summed E-state index contributed by atoms with van der Waals surface area (Å²) >= 11 is 6.12. The van der Waals surface area contributed by atoms with E-state index in [1.54, 1.807) is 0 Å². The monoisotopic (exact) mass is 297 g/mol. The Morgan fingerprint density at radius 1 is 1.50 bits per heavy atom. The van der Waals surface area contributed by atoms with Crippen LogP contribution in [0, 0.1) is 0 Å². The summed E-state index contributed by atoms with van der Waals surface area (Å²) in [7, 11) is 0. The zero-order valence-corrected chi connectivity index (χ0v) is 12.8. The van der Waals surface area contributed by atoms with E-state index in [4.69, 9.17) is 21.1 Å². The second-order valence-corrected chi connectivity index (χ2v) is 6.31. The molecular weight excluding hydrogens is 278 g/mol. The van der Waals surface area contributed by atoms with Gasteiger partial charge in [-0.05, 0) is 32.4 Å². The largest absolute Gasteiger partial charge is 0.449 e. The van der Waals surface area contributed by atoms with Crippen LogP contribution in [-0.4, -0.2) is 18.2 Å². The highest BCUT2D eigenvalue weighted by Gasteiger charge is 2.25. The van der Waals surface area contributed by atoms with Gasteiger partial charge in [0.2, 0.25) is 0 Å². The van der Waals surface area contributed by atoms with Gasteiger partial charge in [-0.2, -0.15) is 0 Å². The molecule has 1 aliphatic rings. The van der Waals surface area contributed by atoms with Gasteiger partial charge in [0.1, 0.15) is 0 Å². The Morgan fingerprint density at radius 2 is 2.25 bits per heavy atom. The predicted molar refractivity (Wildman–Crippen MR) is 77.8 cm³/mol. The molecule has 20 heavy (non-hydrogen) atoms. The molecule has 1 aromatic carbocycles. The molecule has 5 heteroatoms. The van der Waals surface area contributed by atoms with Crippen LogP contribution in [0.5, 0.6) is 0 Å². The fourth-order valence-corrected chi connectivity index (χ4v) is 2.38. The number of rotatable bonds is 3. The van der Waals surface area contributed by atoms with E-state index in [9.17, 15) is 4.79 Å². The van der Waals surface area contributed by atoms with Crippen LogP contribution in [-0.2, 0) is 16.1 Å². The Bertz CT molecular complexity index is 496. The molecule has 1 aliphatic heterocycles. The lowest BCUT2D eigenvalue weighted by atomic mass is 10.0. The van der Waals surface area contributed by atoms with Gasteiger partial charge in [-0.3, -0.25) is 0 Å². The number of fused-ring (bicyclic) bond motifs is 1. The van der Waals surface area contributed by atoms with Crippen LogP contribution in [0.1, 0.15) is 44.4 Å². The van der Waals surface area contributed by atoms with Gasteiger partial charge < -0.3 is 14.8 Å². The van der Waals surface area contributed by atoms with Crippen LogP contribution in [0.3, 0.4) is 0 Å². The van der Waals surface area contributed by atoms with Crippen molar-refractivity contribution < 1.29 is 14.3 Å². The first-order valence-corrected chi connectivity index (χ1v) is 7.08. The number of benzene rings is 1. The first kappa shape index (κ1) is 15.1. The van der Waals surface area contributed by atoms with Crippen molar-refractivity contribution in [3.8, 4) is 0 Å². The number of nitrogens with one attached hydrogen (secondary N) is 1. The molecule has 0 radical (unpaired) electrons. The molecule has 4 nitrogen and oxygen atoms in total. The maximum atomic E-state index is 11.5. The maximum absolute atomic E-state index is 11.5. The van der Waals surface area contributed by atoms with Gasteiger partial charge in [-0.25, -0.2) is 4.79 Å². The van der Waals surface area contributed by atoms with Gasteiger partial charge >= 0.3 is 6.09 Å². The van der Waals surface area contributed by atoms with E-state index < -0.39 is 6.09 Å². The summed E-state index contributed by atoms with van der Waals surface area (Å²) in [5, 5.41) is 3.48. The van der Waals surface area contributed by atoms with Gasteiger partial charge in [0.05, 0.1) is 19.3 Å². The summed E-state index contributed by atoms with van der Waals surface area (Å²) in [6.45, 7) is 6.57. The molecule has 1 amide bonds. The highest BCUT2D eigenvalue weighted by atomic mass is 35.5. The van der Waals surface area contributed by atoms with Crippen molar-refractivity contribution in [2.45, 2.75) is 45.4 Å². The van der Waals surface area contributed by atoms with Crippen LogP contribution in [0.2, 0.25) is 5.02 Å². The number of halogens is 1. The molecule has 0 saturated carbocycles. The first-order valence-electron chi connectivity index (χ1n) is 6.70. The van der Waals surface area contributed by atoms with E-state index in [0.717, 1.165) is 16.1 Å². The Morgan fingerprint density at radius 3 is 2.95 bits per heavy atom. The average molecular weight is 298 g/mol. The lowest BCUT2D eigenvalue weighted by molar-refractivity contribution is 0.0416. The molecule has 1 atom stereocenters. The highest BCUT2D eigenvalue weighted by Crippen LogP contribution is 2.36. The predicted octanol–water partition coefficient (Wildman–Crippen LogP) is 3.83. The molecule has 0 aliphatic carbocycles. The quantitative estimate of drug-likeness (QED) is 0.922. The number of carbonyl (C=O) groups is 1. The topological polar surface area (TPSA) is 47.6 Å². The molecule has 1 N–H and O–H groups in total. The minimum atomic E-state index is -0.401. The molecular formula is C15H20ClNO3. The molecule has 0 bridgehead atoms. The molecule has 2 rings (SSSR count). The van der Waals surface area contributed by atoms with Crippen molar-refractivity contribution in [1.29, 1.82) is 0 Å². The molecule has 110 valence electrons. The second-order valence-electron chi connectivity index (χ2n) is 5.91. The standard InChI is InChI=1S/C15H20ClNO3/c1-15(2,3)17-14(18)19-8-7-13-10-5-4-6-12(16)11(10)9-20-13/h4-6,13H,7-9H2,1-3H3,(H,17,18). The van der Waals surface area contributed by atoms with Gasteiger partial charge in [0.15, 0.2) is 0 Å². The lowest BCUT2D eigenvalue weighted by Gasteiger charge is -2.20. The van der Waals surface area contributed by atoms with E-state index in [2.05, 4.69) is 5.32 Å². The van der Waals surface area contributed by atoms with E-state index in [1.807, 2.05) is 39.0 Å². The number of alkyl carbamates (subject to hydrolysis) is 1. The third kappa shape index (κ3) is 3.87. The average Bonchev–Trinajstić information content (AvgIpc) is 2.72. The summed E-state index contributed by atoms with van der Waals surface area (Å²) in [4.78, 5) is 11.5. The molecule has 1 unspecified atom stereocenters. The van der Waals surface area contributed by atoms with Crippen LogP contribution in [0.15, 0.2) is 18.2 Å². The Kier molecular flexibility index (Phi) is 4.55. The smallest absolute Gasteiger partial charge is 0.407 e. The Hall–Kier alpha value is -1.26. The number of hydrogen-bond donors (Lipinski definition) is 1. The molecule has 0 spiro atoms. The Balaban J connectivity index is 1.83. The van der Waals surface area contributed by atoms with Crippen molar-refractivity contribution in [3.63, 3.8) is 0 Å². The SMILES string of the molecule is CC(C)(C)NC(=O)OCCC1OCc2c(Cl)cccc21. The molecule has 0 aromatic heterocycles. The summed E-state index contributed by atoms with van der Waals surface area (Å²) in [5.74, 6) is 0. The molecule has 1 aromatic rings. The fourth-order valence-electron chi connectivity index (χ4n) is 2.14. The van der Waals surface area contributed by atoms with Crippen molar-refractivity contribution in [3.05, 3.63) is 34.3 Å². The zero-order valence-electron chi connectivity index (χ0n) is 12.0. The van der Waals surface area contributed by atoms with Crippen molar-refractivity contribution in [2.24, 2.45) is 0 Å². The minimum absolute atomic E-state index is 0.0499. The summed E-state index contributed by atoms with van der Waals surface area (Å²) in [6, 6.07) is 5.78. The van der Waals surface area contributed by atoms with E-state index in [0.29, 0.717) is 19.6 Å². The molecule has 0 fully saturated rings. The number of carbonyl (C=O) groups excluding carboxylic acids is 1. The van der Waals surface area contributed by atoms with E-state index >= 15 is 0 Å².